The van der Waals surface area contributed by atoms with E-state index in [9.17, 15) is 0 Å². The molecule has 2 nitrogen and oxygen atoms in total. The van der Waals surface area contributed by atoms with Crippen molar-refractivity contribution in [3.05, 3.63) is 16.6 Å². The summed E-state index contributed by atoms with van der Waals surface area (Å²) in [7, 11) is 0. The molecule has 0 saturated heterocycles. The van der Waals surface area contributed by atoms with Crippen molar-refractivity contribution in [2.24, 2.45) is 5.92 Å². The van der Waals surface area contributed by atoms with Crippen molar-refractivity contribution >= 4 is 11.3 Å². The van der Waals surface area contributed by atoms with Crippen molar-refractivity contribution in [3.63, 3.8) is 0 Å². The van der Waals surface area contributed by atoms with Crippen LogP contribution in [0.4, 0.5) is 0 Å². The molecule has 3 heteroatoms. The van der Waals surface area contributed by atoms with Gasteiger partial charge in [-0.15, -0.1) is 11.3 Å². The maximum absolute atomic E-state index is 4.34. The predicted molar refractivity (Wildman–Crippen MR) is 60.6 cm³/mol. The molecule has 1 unspecified atom stereocenters. The Morgan fingerprint density at radius 1 is 1.64 bits per heavy atom. The van der Waals surface area contributed by atoms with Crippen LogP contribution in [-0.2, 0) is 6.42 Å². The smallest absolute Gasteiger partial charge is 0.0940 e. The highest BCUT2D eigenvalue weighted by molar-refractivity contribution is 7.09. The van der Waals surface area contributed by atoms with Gasteiger partial charge in [-0.1, -0.05) is 19.8 Å². The summed E-state index contributed by atoms with van der Waals surface area (Å²) in [6.07, 6.45) is 7.25. The number of hydrogen-bond donors (Lipinski definition) is 1. The van der Waals surface area contributed by atoms with Gasteiger partial charge in [-0.25, -0.2) is 4.98 Å². The average molecular weight is 210 g/mol. The topological polar surface area (TPSA) is 24.9 Å². The molecule has 1 aromatic heterocycles. The van der Waals surface area contributed by atoms with Gasteiger partial charge in [0.1, 0.15) is 0 Å². The minimum atomic E-state index is 0.652. The fourth-order valence-electron chi connectivity index (χ4n) is 1.85. The lowest BCUT2D eigenvalue weighted by molar-refractivity contribution is 0.465. The summed E-state index contributed by atoms with van der Waals surface area (Å²) >= 11 is 1.77. The first-order valence-electron chi connectivity index (χ1n) is 5.50. The average Bonchev–Trinajstić information content (AvgIpc) is 2.81. The van der Waals surface area contributed by atoms with Crippen LogP contribution in [0.15, 0.2) is 11.6 Å². The molecule has 0 bridgehead atoms. The first kappa shape index (κ1) is 10.1. The van der Waals surface area contributed by atoms with Crippen LogP contribution in [0, 0.1) is 5.92 Å². The Labute approximate surface area is 89.8 Å². The van der Waals surface area contributed by atoms with Gasteiger partial charge in [0.2, 0.25) is 0 Å². The SMILES string of the molecule is CCNC(Cc1nccs1)CC1CC1. The number of nitrogens with one attached hydrogen (secondary N) is 1. The minimum absolute atomic E-state index is 0.652. The fourth-order valence-corrected chi connectivity index (χ4v) is 2.55. The van der Waals surface area contributed by atoms with E-state index in [1.165, 1.54) is 24.3 Å². The maximum Gasteiger partial charge on any atom is 0.0940 e. The lowest BCUT2D eigenvalue weighted by atomic mass is 10.1. The zero-order chi connectivity index (χ0) is 9.80. The molecule has 0 aromatic carbocycles. The van der Waals surface area contributed by atoms with E-state index in [1.807, 2.05) is 6.20 Å². The normalized spacial score (nSPS) is 18.4. The number of likely N-dealkylation sites (N-methyl/N-ethyl adjacent to an activating group) is 1. The van der Waals surface area contributed by atoms with Crippen LogP contribution in [0.1, 0.15) is 31.2 Å². The Morgan fingerprint density at radius 3 is 3.07 bits per heavy atom. The molecule has 0 radical (unpaired) electrons. The Morgan fingerprint density at radius 2 is 2.50 bits per heavy atom. The molecule has 1 aliphatic carbocycles. The Bertz CT molecular complexity index is 254. The van der Waals surface area contributed by atoms with Crippen LogP contribution < -0.4 is 5.32 Å². The summed E-state index contributed by atoms with van der Waals surface area (Å²) < 4.78 is 0. The highest BCUT2D eigenvalue weighted by atomic mass is 32.1. The second kappa shape index (κ2) is 4.89. The molecular weight excluding hydrogens is 192 g/mol. The largest absolute Gasteiger partial charge is 0.314 e. The van der Waals surface area contributed by atoms with Crippen LogP contribution in [0.25, 0.3) is 0 Å². The number of aromatic nitrogens is 1. The Balaban J connectivity index is 1.82. The molecule has 0 spiro atoms. The molecule has 1 fully saturated rings. The predicted octanol–water partition coefficient (Wildman–Crippen LogP) is 2.46. The van der Waals surface area contributed by atoms with Gasteiger partial charge in [0.25, 0.3) is 0 Å². The Kier molecular flexibility index (Phi) is 3.54. The van der Waals surface area contributed by atoms with Crippen molar-refractivity contribution in [3.8, 4) is 0 Å². The number of hydrogen-bond acceptors (Lipinski definition) is 3. The van der Waals surface area contributed by atoms with E-state index >= 15 is 0 Å². The maximum atomic E-state index is 4.34. The lowest BCUT2D eigenvalue weighted by Crippen LogP contribution is -2.31. The third kappa shape index (κ3) is 3.07. The second-order valence-electron chi connectivity index (χ2n) is 4.06. The zero-order valence-corrected chi connectivity index (χ0v) is 9.52. The monoisotopic (exact) mass is 210 g/mol. The number of thiazole rings is 1. The van der Waals surface area contributed by atoms with Crippen molar-refractivity contribution in [2.45, 2.75) is 38.6 Å². The van der Waals surface area contributed by atoms with E-state index in [4.69, 9.17) is 0 Å². The van der Waals surface area contributed by atoms with Gasteiger partial charge in [-0.2, -0.15) is 0 Å². The molecule has 1 aliphatic rings. The van der Waals surface area contributed by atoms with E-state index in [0.29, 0.717) is 6.04 Å². The van der Waals surface area contributed by atoms with Crippen molar-refractivity contribution in [1.82, 2.24) is 10.3 Å². The van der Waals surface area contributed by atoms with Gasteiger partial charge >= 0.3 is 0 Å². The van der Waals surface area contributed by atoms with Gasteiger partial charge < -0.3 is 5.32 Å². The third-order valence-electron chi connectivity index (χ3n) is 2.71. The highest BCUT2D eigenvalue weighted by Crippen LogP contribution is 2.34. The second-order valence-corrected chi connectivity index (χ2v) is 5.04. The standard InChI is InChI=1S/C11H18N2S/c1-2-12-10(7-9-3-4-9)8-11-13-5-6-14-11/h5-6,9-10,12H,2-4,7-8H2,1H3. The van der Waals surface area contributed by atoms with Gasteiger partial charge in [-0.3, -0.25) is 0 Å². The molecule has 1 atom stereocenters. The van der Waals surface area contributed by atoms with Crippen molar-refractivity contribution in [1.29, 1.82) is 0 Å². The van der Waals surface area contributed by atoms with E-state index in [1.54, 1.807) is 11.3 Å². The van der Waals surface area contributed by atoms with Crippen LogP contribution in [-0.4, -0.2) is 17.6 Å². The fraction of sp³-hybridized carbons (Fsp3) is 0.727. The molecular formula is C11H18N2S. The lowest BCUT2D eigenvalue weighted by Gasteiger charge is -2.15. The molecule has 1 aromatic rings. The van der Waals surface area contributed by atoms with Gasteiger partial charge in [-0.05, 0) is 18.9 Å². The molecule has 0 aliphatic heterocycles. The summed E-state index contributed by atoms with van der Waals surface area (Å²) in [5, 5.41) is 6.90. The zero-order valence-electron chi connectivity index (χ0n) is 8.70. The Hall–Kier alpha value is -0.410. The molecule has 1 saturated carbocycles. The minimum Gasteiger partial charge on any atom is -0.314 e. The van der Waals surface area contributed by atoms with E-state index in [-0.39, 0.29) is 0 Å². The molecule has 78 valence electrons. The van der Waals surface area contributed by atoms with Crippen LogP contribution in [0.3, 0.4) is 0 Å². The van der Waals surface area contributed by atoms with Crippen LogP contribution in [0.5, 0.6) is 0 Å². The molecule has 14 heavy (non-hydrogen) atoms. The first-order chi connectivity index (χ1) is 6.88. The highest BCUT2D eigenvalue weighted by Gasteiger charge is 2.25. The summed E-state index contributed by atoms with van der Waals surface area (Å²) in [5.41, 5.74) is 0. The molecule has 0 amide bonds. The van der Waals surface area contributed by atoms with Crippen molar-refractivity contribution in [2.75, 3.05) is 6.54 Å². The van der Waals surface area contributed by atoms with E-state index < -0.39 is 0 Å². The van der Waals surface area contributed by atoms with Gasteiger partial charge in [0, 0.05) is 24.0 Å². The quantitative estimate of drug-likeness (QED) is 0.780. The first-order valence-corrected chi connectivity index (χ1v) is 6.38. The summed E-state index contributed by atoms with van der Waals surface area (Å²) in [6.45, 7) is 3.25. The number of nitrogens with zero attached hydrogens (tertiary/aromatic N) is 1. The van der Waals surface area contributed by atoms with Crippen molar-refractivity contribution < 1.29 is 0 Å². The summed E-state index contributed by atoms with van der Waals surface area (Å²) in [4.78, 5) is 4.34. The number of rotatable bonds is 6. The molecule has 1 N–H and O–H groups in total. The van der Waals surface area contributed by atoms with Gasteiger partial charge in [0.15, 0.2) is 0 Å². The molecule has 1 heterocycles. The summed E-state index contributed by atoms with van der Waals surface area (Å²) in [5.74, 6) is 0.999. The summed E-state index contributed by atoms with van der Waals surface area (Å²) in [6, 6.07) is 0.652. The van der Waals surface area contributed by atoms with E-state index in [2.05, 4.69) is 22.6 Å². The van der Waals surface area contributed by atoms with Gasteiger partial charge in [0.05, 0.1) is 5.01 Å². The van der Waals surface area contributed by atoms with Crippen LogP contribution >= 0.6 is 11.3 Å². The third-order valence-corrected chi connectivity index (χ3v) is 3.51. The van der Waals surface area contributed by atoms with Crippen LogP contribution in [0.2, 0.25) is 0 Å². The van der Waals surface area contributed by atoms with E-state index in [0.717, 1.165) is 18.9 Å². The molecule has 2 rings (SSSR count).